The molecule has 0 aliphatic carbocycles. The van der Waals surface area contributed by atoms with Gasteiger partial charge in [0.25, 0.3) is 10.0 Å². The fourth-order valence-electron chi connectivity index (χ4n) is 2.20. The molecule has 0 fully saturated rings. The number of aromatic nitrogens is 1. The molecule has 3 aromatic rings. The smallest absolute Gasteiger partial charge is 0.349 e. The Labute approximate surface area is 143 Å². The number of sulfonamides is 1. The fourth-order valence-corrected chi connectivity index (χ4v) is 4.58. The Morgan fingerprint density at radius 3 is 2.62 bits per heavy atom. The Morgan fingerprint density at radius 1 is 1.17 bits per heavy atom. The van der Waals surface area contributed by atoms with Gasteiger partial charge in [0, 0.05) is 18.1 Å². The van der Waals surface area contributed by atoms with Crippen molar-refractivity contribution in [2.24, 2.45) is 0 Å². The van der Waals surface area contributed by atoms with Gasteiger partial charge in [0.2, 0.25) is 0 Å². The number of hydrogen-bond donors (Lipinski definition) is 1. The van der Waals surface area contributed by atoms with Crippen LogP contribution in [0.5, 0.6) is 0 Å². The summed E-state index contributed by atoms with van der Waals surface area (Å²) in [7, 11) is -2.68. The van der Waals surface area contributed by atoms with Gasteiger partial charge in [0.05, 0.1) is 12.8 Å². The molecule has 0 spiro atoms. The maximum absolute atomic E-state index is 12.6. The lowest BCUT2D eigenvalue weighted by atomic mass is 10.3. The quantitative estimate of drug-likeness (QED) is 0.708. The number of benzene rings is 1. The number of methoxy groups -OCH3 is 1. The number of nitrogens with one attached hydrogen (secondary N) is 1. The predicted octanol–water partition coefficient (Wildman–Crippen LogP) is 3.13. The summed E-state index contributed by atoms with van der Waals surface area (Å²) in [6.07, 6.45) is 3.73. The summed E-state index contributed by atoms with van der Waals surface area (Å²) in [4.78, 5) is 11.7. The monoisotopic (exact) mass is 362 g/mol. The Kier molecular flexibility index (Phi) is 4.41. The second-order valence-corrected chi connectivity index (χ2v) is 7.42. The van der Waals surface area contributed by atoms with Crippen molar-refractivity contribution in [1.29, 1.82) is 0 Å². The Hall–Kier alpha value is -2.58. The minimum Gasteiger partial charge on any atom is -0.465 e. The number of nitrogens with zero attached hydrogens (tertiary/aromatic N) is 1. The maximum Gasteiger partial charge on any atom is 0.349 e. The van der Waals surface area contributed by atoms with Crippen molar-refractivity contribution >= 4 is 33.0 Å². The highest BCUT2D eigenvalue weighted by Crippen LogP contribution is 2.25. The van der Waals surface area contributed by atoms with E-state index in [0.29, 0.717) is 5.69 Å². The number of rotatable bonds is 5. The molecule has 0 radical (unpaired) electrons. The van der Waals surface area contributed by atoms with Gasteiger partial charge < -0.3 is 9.30 Å². The number of carbonyl (C=O) groups is 1. The van der Waals surface area contributed by atoms with Gasteiger partial charge in [-0.05, 0) is 41.8 Å². The normalized spacial score (nSPS) is 11.2. The van der Waals surface area contributed by atoms with Crippen LogP contribution < -0.4 is 4.72 Å². The van der Waals surface area contributed by atoms with E-state index in [9.17, 15) is 13.2 Å². The average molecular weight is 362 g/mol. The van der Waals surface area contributed by atoms with Crippen molar-refractivity contribution in [1.82, 2.24) is 4.57 Å². The lowest BCUT2D eigenvalue weighted by molar-refractivity contribution is 0.0602. The maximum atomic E-state index is 12.6. The molecule has 0 saturated heterocycles. The van der Waals surface area contributed by atoms with Crippen LogP contribution in [0.4, 0.5) is 5.69 Å². The fraction of sp³-hybridized carbons (Fsp3) is 0.0625. The SMILES string of the molecule is COC(=O)c1sccc1S(=O)(=O)Nc1cccc(-n2cccc2)c1. The van der Waals surface area contributed by atoms with E-state index < -0.39 is 16.0 Å². The number of hydrogen-bond acceptors (Lipinski definition) is 5. The van der Waals surface area contributed by atoms with Crippen molar-refractivity contribution in [2.45, 2.75) is 4.90 Å². The number of carbonyl (C=O) groups excluding carboxylic acids is 1. The van der Waals surface area contributed by atoms with Crippen molar-refractivity contribution in [2.75, 3.05) is 11.8 Å². The molecular formula is C16H14N2O4S2. The molecule has 8 heteroatoms. The zero-order valence-electron chi connectivity index (χ0n) is 12.7. The van der Waals surface area contributed by atoms with Gasteiger partial charge in [0.15, 0.2) is 0 Å². The summed E-state index contributed by atoms with van der Waals surface area (Å²) in [5.41, 5.74) is 1.22. The highest BCUT2D eigenvalue weighted by Gasteiger charge is 2.24. The van der Waals surface area contributed by atoms with Gasteiger partial charge in [-0.15, -0.1) is 11.3 Å². The molecule has 0 aliphatic rings. The van der Waals surface area contributed by atoms with E-state index in [1.165, 1.54) is 18.6 Å². The van der Waals surface area contributed by atoms with Gasteiger partial charge in [0.1, 0.15) is 9.77 Å². The van der Waals surface area contributed by atoms with Crippen LogP contribution in [0.2, 0.25) is 0 Å². The van der Waals surface area contributed by atoms with E-state index in [1.54, 1.807) is 18.2 Å². The molecule has 0 unspecified atom stereocenters. The second kappa shape index (κ2) is 6.50. The van der Waals surface area contributed by atoms with Crippen LogP contribution in [-0.4, -0.2) is 26.1 Å². The second-order valence-electron chi connectivity index (χ2n) is 4.85. The summed E-state index contributed by atoms with van der Waals surface area (Å²) in [6, 6.07) is 12.1. The van der Waals surface area contributed by atoms with E-state index in [-0.39, 0.29) is 9.77 Å². The first kappa shape index (κ1) is 16.3. The molecule has 3 rings (SSSR count). The highest BCUT2D eigenvalue weighted by molar-refractivity contribution is 7.93. The van der Waals surface area contributed by atoms with Crippen molar-refractivity contribution < 1.29 is 17.9 Å². The summed E-state index contributed by atoms with van der Waals surface area (Å²) in [5, 5.41) is 1.54. The van der Waals surface area contributed by atoms with E-state index in [0.717, 1.165) is 17.0 Å². The molecule has 0 amide bonds. The largest absolute Gasteiger partial charge is 0.465 e. The highest BCUT2D eigenvalue weighted by atomic mass is 32.2. The van der Waals surface area contributed by atoms with Gasteiger partial charge in [-0.2, -0.15) is 0 Å². The third kappa shape index (κ3) is 3.19. The van der Waals surface area contributed by atoms with Crippen LogP contribution in [0.15, 0.2) is 65.1 Å². The van der Waals surface area contributed by atoms with Crippen molar-refractivity contribution in [3.05, 3.63) is 65.1 Å². The van der Waals surface area contributed by atoms with Crippen LogP contribution >= 0.6 is 11.3 Å². The Morgan fingerprint density at radius 2 is 1.92 bits per heavy atom. The molecule has 124 valence electrons. The van der Waals surface area contributed by atoms with E-state index in [4.69, 9.17) is 0 Å². The number of thiophene rings is 1. The summed E-state index contributed by atoms with van der Waals surface area (Å²) >= 11 is 1.02. The molecule has 0 atom stereocenters. The lowest BCUT2D eigenvalue weighted by Gasteiger charge is -2.10. The number of ether oxygens (including phenoxy) is 1. The predicted molar refractivity (Wildman–Crippen MR) is 92.2 cm³/mol. The molecule has 2 heterocycles. The van der Waals surface area contributed by atoms with E-state index in [1.807, 2.05) is 35.2 Å². The van der Waals surface area contributed by atoms with Gasteiger partial charge in [-0.3, -0.25) is 4.72 Å². The molecule has 0 bridgehead atoms. The minimum atomic E-state index is -3.89. The first-order valence-corrected chi connectivity index (χ1v) is 9.29. The molecule has 0 aliphatic heterocycles. The van der Waals surface area contributed by atoms with Crippen molar-refractivity contribution in [3.63, 3.8) is 0 Å². The Bertz CT molecular complexity index is 960. The van der Waals surface area contributed by atoms with Gasteiger partial charge in [-0.25, -0.2) is 13.2 Å². The zero-order valence-corrected chi connectivity index (χ0v) is 14.3. The van der Waals surface area contributed by atoms with Crippen LogP contribution in [0, 0.1) is 0 Å². The van der Waals surface area contributed by atoms with Gasteiger partial charge in [-0.1, -0.05) is 6.07 Å². The van der Waals surface area contributed by atoms with Crippen LogP contribution in [0.1, 0.15) is 9.67 Å². The number of anilines is 1. The lowest BCUT2D eigenvalue weighted by Crippen LogP contribution is -2.15. The summed E-state index contributed by atoms with van der Waals surface area (Å²) in [6.45, 7) is 0. The van der Waals surface area contributed by atoms with Gasteiger partial charge >= 0.3 is 5.97 Å². The molecular weight excluding hydrogens is 348 g/mol. The van der Waals surface area contributed by atoms with Crippen LogP contribution in [-0.2, 0) is 14.8 Å². The van der Waals surface area contributed by atoms with E-state index in [2.05, 4.69) is 9.46 Å². The minimum absolute atomic E-state index is 0.0477. The third-order valence-corrected chi connectivity index (χ3v) is 5.74. The summed E-state index contributed by atoms with van der Waals surface area (Å²) in [5.74, 6) is -0.675. The van der Waals surface area contributed by atoms with Crippen LogP contribution in [0.3, 0.4) is 0 Å². The molecule has 0 saturated carbocycles. The molecule has 24 heavy (non-hydrogen) atoms. The molecule has 1 aromatic carbocycles. The molecule has 1 N–H and O–H groups in total. The Balaban J connectivity index is 1.92. The van der Waals surface area contributed by atoms with Crippen molar-refractivity contribution in [3.8, 4) is 5.69 Å². The topological polar surface area (TPSA) is 77.4 Å². The zero-order chi connectivity index (χ0) is 17.2. The van der Waals surface area contributed by atoms with Crippen LogP contribution in [0.25, 0.3) is 5.69 Å². The average Bonchev–Trinajstić information content (AvgIpc) is 3.25. The molecule has 2 aromatic heterocycles. The molecule has 6 nitrogen and oxygen atoms in total. The van der Waals surface area contributed by atoms with E-state index >= 15 is 0 Å². The number of esters is 1. The third-order valence-electron chi connectivity index (χ3n) is 3.29. The summed E-state index contributed by atoms with van der Waals surface area (Å²) < 4.78 is 34.2. The first-order chi connectivity index (χ1) is 11.5. The standard InChI is InChI=1S/C16H14N2O4S2/c1-22-16(19)15-14(7-10-23-15)24(20,21)17-12-5-4-6-13(11-12)18-8-2-3-9-18/h2-11,17H,1H3. The first-order valence-electron chi connectivity index (χ1n) is 6.93.